The maximum absolute atomic E-state index is 10.1. The van der Waals surface area contributed by atoms with Crippen molar-refractivity contribution in [3.05, 3.63) is 0 Å². The summed E-state index contributed by atoms with van der Waals surface area (Å²) in [5.74, 6) is 0. The van der Waals surface area contributed by atoms with Crippen molar-refractivity contribution >= 4 is 6.41 Å². The fourth-order valence-corrected chi connectivity index (χ4v) is 1.45. The molecule has 4 nitrogen and oxygen atoms in total. The molecule has 1 unspecified atom stereocenters. The third kappa shape index (κ3) is 3.19. The van der Waals surface area contributed by atoms with E-state index in [4.69, 9.17) is 0 Å². The molecule has 4 heteroatoms. The summed E-state index contributed by atoms with van der Waals surface area (Å²) in [6, 6.07) is 0.264. The van der Waals surface area contributed by atoms with Crippen LogP contribution in [0.1, 0.15) is 6.92 Å². The van der Waals surface area contributed by atoms with Gasteiger partial charge < -0.3 is 10.6 Å². The van der Waals surface area contributed by atoms with E-state index in [1.165, 1.54) is 0 Å². The second-order valence-electron chi connectivity index (χ2n) is 3.24. The molecule has 1 aliphatic heterocycles. The molecule has 0 saturated carbocycles. The van der Waals surface area contributed by atoms with E-state index in [0.717, 1.165) is 39.1 Å². The SMILES string of the molecule is CC(CN1CCNCC1)NC=O. The van der Waals surface area contributed by atoms with Crippen molar-refractivity contribution in [1.82, 2.24) is 15.5 Å². The molecule has 0 aromatic rings. The van der Waals surface area contributed by atoms with Gasteiger partial charge in [-0.15, -0.1) is 0 Å². The topological polar surface area (TPSA) is 44.4 Å². The zero-order chi connectivity index (χ0) is 8.81. The van der Waals surface area contributed by atoms with Crippen LogP contribution in [0, 0.1) is 0 Å². The molecule has 12 heavy (non-hydrogen) atoms. The summed E-state index contributed by atoms with van der Waals surface area (Å²) in [7, 11) is 0. The number of hydrogen-bond acceptors (Lipinski definition) is 3. The first kappa shape index (κ1) is 9.48. The molecule has 1 amide bonds. The summed E-state index contributed by atoms with van der Waals surface area (Å²) in [4.78, 5) is 12.5. The Bertz CT molecular complexity index is 134. The lowest BCUT2D eigenvalue weighted by Crippen LogP contribution is -2.48. The monoisotopic (exact) mass is 171 g/mol. The molecule has 1 saturated heterocycles. The molecule has 1 atom stereocenters. The molecule has 1 rings (SSSR count). The second-order valence-corrected chi connectivity index (χ2v) is 3.24. The van der Waals surface area contributed by atoms with E-state index in [2.05, 4.69) is 15.5 Å². The van der Waals surface area contributed by atoms with Crippen LogP contribution in [-0.4, -0.2) is 50.1 Å². The molecule has 1 fully saturated rings. The summed E-state index contributed by atoms with van der Waals surface area (Å²) >= 11 is 0. The smallest absolute Gasteiger partial charge is 0.207 e. The zero-order valence-corrected chi connectivity index (χ0v) is 7.55. The Balaban J connectivity index is 2.15. The highest BCUT2D eigenvalue weighted by Crippen LogP contribution is 1.93. The van der Waals surface area contributed by atoms with Gasteiger partial charge in [-0.25, -0.2) is 0 Å². The number of carbonyl (C=O) groups is 1. The minimum Gasteiger partial charge on any atom is -0.355 e. The van der Waals surface area contributed by atoms with Gasteiger partial charge in [-0.3, -0.25) is 9.69 Å². The first-order valence-electron chi connectivity index (χ1n) is 4.45. The van der Waals surface area contributed by atoms with Crippen molar-refractivity contribution in [3.8, 4) is 0 Å². The molecular weight excluding hydrogens is 154 g/mol. The second kappa shape index (κ2) is 5.11. The molecule has 1 heterocycles. The van der Waals surface area contributed by atoms with E-state index in [-0.39, 0.29) is 6.04 Å². The summed E-state index contributed by atoms with van der Waals surface area (Å²) in [6.07, 6.45) is 0.771. The summed E-state index contributed by atoms with van der Waals surface area (Å²) in [5.41, 5.74) is 0. The highest BCUT2D eigenvalue weighted by molar-refractivity contribution is 5.46. The zero-order valence-electron chi connectivity index (χ0n) is 7.55. The standard InChI is InChI=1S/C8H17N3O/c1-8(10-7-12)6-11-4-2-9-3-5-11/h7-9H,2-6H2,1H3,(H,10,12). The number of nitrogens with one attached hydrogen (secondary N) is 2. The van der Waals surface area contributed by atoms with Gasteiger partial charge >= 0.3 is 0 Å². The van der Waals surface area contributed by atoms with Crippen LogP contribution >= 0.6 is 0 Å². The summed E-state index contributed by atoms with van der Waals surface area (Å²) in [6.45, 7) is 7.29. The molecule has 0 bridgehead atoms. The maximum Gasteiger partial charge on any atom is 0.207 e. The molecule has 2 N–H and O–H groups in total. The van der Waals surface area contributed by atoms with Crippen LogP contribution in [0.3, 0.4) is 0 Å². The van der Waals surface area contributed by atoms with E-state index in [1.807, 2.05) is 6.92 Å². The Kier molecular flexibility index (Phi) is 4.04. The van der Waals surface area contributed by atoms with Crippen LogP contribution in [-0.2, 0) is 4.79 Å². The summed E-state index contributed by atoms with van der Waals surface area (Å²) in [5, 5.41) is 6.04. The quantitative estimate of drug-likeness (QED) is 0.535. The minimum absolute atomic E-state index is 0.264. The Morgan fingerprint density at radius 3 is 2.83 bits per heavy atom. The van der Waals surface area contributed by atoms with Crippen molar-refractivity contribution in [1.29, 1.82) is 0 Å². The molecule has 0 aromatic carbocycles. The molecular formula is C8H17N3O. The van der Waals surface area contributed by atoms with Crippen LogP contribution in [0.4, 0.5) is 0 Å². The third-order valence-electron chi connectivity index (χ3n) is 2.09. The highest BCUT2D eigenvalue weighted by atomic mass is 16.1. The molecule has 0 radical (unpaired) electrons. The normalized spacial score (nSPS) is 21.8. The van der Waals surface area contributed by atoms with Gasteiger partial charge in [0.1, 0.15) is 0 Å². The fraction of sp³-hybridized carbons (Fsp3) is 0.875. The van der Waals surface area contributed by atoms with Crippen LogP contribution in [0.25, 0.3) is 0 Å². The highest BCUT2D eigenvalue weighted by Gasteiger charge is 2.11. The first-order valence-corrected chi connectivity index (χ1v) is 4.45. The van der Waals surface area contributed by atoms with E-state index in [9.17, 15) is 4.79 Å². The van der Waals surface area contributed by atoms with Gasteiger partial charge in [0.25, 0.3) is 0 Å². The van der Waals surface area contributed by atoms with Crippen LogP contribution in [0.15, 0.2) is 0 Å². The Morgan fingerprint density at radius 2 is 2.25 bits per heavy atom. The van der Waals surface area contributed by atoms with Crippen molar-refractivity contribution in [2.75, 3.05) is 32.7 Å². The minimum atomic E-state index is 0.264. The van der Waals surface area contributed by atoms with Gasteiger partial charge in [-0.1, -0.05) is 0 Å². The average Bonchev–Trinajstić information content (AvgIpc) is 2.06. The molecule has 0 aliphatic carbocycles. The van der Waals surface area contributed by atoms with Crippen LogP contribution < -0.4 is 10.6 Å². The Labute approximate surface area is 73.3 Å². The lowest BCUT2D eigenvalue weighted by Gasteiger charge is -2.29. The Morgan fingerprint density at radius 1 is 1.58 bits per heavy atom. The van der Waals surface area contributed by atoms with E-state index in [1.54, 1.807) is 0 Å². The van der Waals surface area contributed by atoms with Crippen molar-refractivity contribution in [3.63, 3.8) is 0 Å². The Hall–Kier alpha value is -0.610. The molecule has 0 aromatic heterocycles. The summed E-state index contributed by atoms with van der Waals surface area (Å²) < 4.78 is 0. The molecule has 1 aliphatic rings. The first-order chi connectivity index (χ1) is 5.83. The lowest BCUT2D eigenvalue weighted by molar-refractivity contribution is -0.110. The van der Waals surface area contributed by atoms with E-state index < -0.39 is 0 Å². The number of amides is 1. The van der Waals surface area contributed by atoms with Crippen LogP contribution in [0.2, 0.25) is 0 Å². The molecule has 0 spiro atoms. The predicted octanol–water partition coefficient (Wildman–Crippen LogP) is -0.974. The number of hydrogen-bond donors (Lipinski definition) is 2. The third-order valence-corrected chi connectivity index (χ3v) is 2.09. The maximum atomic E-state index is 10.1. The van der Waals surface area contributed by atoms with Gasteiger partial charge in [-0.2, -0.15) is 0 Å². The number of piperazine rings is 1. The number of carbonyl (C=O) groups excluding carboxylic acids is 1. The van der Waals surface area contributed by atoms with E-state index >= 15 is 0 Å². The van der Waals surface area contributed by atoms with Crippen molar-refractivity contribution < 1.29 is 4.79 Å². The fourth-order valence-electron chi connectivity index (χ4n) is 1.45. The van der Waals surface area contributed by atoms with Gasteiger partial charge in [0, 0.05) is 38.8 Å². The van der Waals surface area contributed by atoms with Crippen molar-refractivity contribution in [2.24, 2.45) is 0 Å². The average molecular weight is 171 g/mol. The predicted molar refractivity (Wildman–Crippen MR) is 48.0 cm³/mol. The largest absolute Gasteiger partial charge is 0.355 e. The van der Waals surface area contributed by atoms with Gasteiger partial charge in [0.05, 0.1) is 0 Å². The van der Waals surface area contributed by atoms with Gasteiger partial charge in [-0.05, 0) is 6.92 Å². The van der Waals surface area contributed by atoms with Gasteiger partial charge in [0.2, 0.25) is 6.41 Å². The van der Waals surface area contributed by atoms with Crippen LogP contribution in [0.5, 0.6) is 0 Å². The number of rotatable bonds is 4. The van der Waals surface area contributed by atoms with Gasteiger partial charge in [0.15, 0.2) is 0 Å². The lowest BCUT2D eigenvalue weighted by atomic mass is 10.3. The number of nitrogens with zero attached hydrogens (tertiary/aromatic N) is 1. The van der Waals surface area contributed by atoms with E-state index in [0.29, 0.717) is 0 Å². The molecule has 70 valence electrons. The van der Waals surface area contributed by atoms with Crippen molar-refractivity contribution in [2.45, 2.75) is 13.0 Å².